The number of alkyl halides is 2. The number of carbonyl (C=O) groups is 1. The summed E-state index contributed by atoms with van der Waals surface area (Å²) in [6.45, 7) is 1.60. The Morgan fingerprint density at radius 1 is 1.64 bits per heavy atom. The SMILES string of the molecule is Cc1cnc(C(F)F)c(I)c1C(N)=O. The second-order valence-electron chi connectivity index (χ2n) is 2.68. The predicted octanol–water partition coefficient (Wildman–Crippen LogP) is 2.03. The van der Waals surface area contributed by atoms with E-state index >= 15 is 0 Å². The van der Waals surface area contributed by atoms with Gasteiger partial charge in [-0.2, -0.15) is 0 Å². The summed E-state index contributed by atoms with van der Waals surface area (Å²) in [7, 11) is 0. The maximum Gasteiger partial charge on any atom is 0.281 e. The lowest BCUT2D eigenvalue weighted by molar-refractivity contribution is 0.0997. The van der Waals surface area contributed by atoms with Gasteiger partial charge in [-0.05, 0) is 35.1 Å². The first-order valence-electron chi connectivity index (χ1n) is 3.68. The van der Waals surface area contributed by atoms with Crippen molar-refractivity contribution in [2.24, 2.45) is 5.73 Å². The Kier molecular flexibility index (Phi) is 3.35. The molecule has 0 atom stereocenters. The molecule has 1 rings (SSSR count). The maximum absolute atomic E-state index is 12.4. The molecule has 0 aliphatic heterocycles. The van der Waals surface area contributed by atoms with E-state index in [-0.39, 0.29) is 9.13 Å². The van der Waals surface area contributed by atoms with E-state index < -0.39 is 18.0 Å². The lowest BCUT2D eigenvalue weighted by Crippen LogP contribution is -2.16. The molecule has 1 heterocycles. The average molecular weight is 312 g/mol. The van der Waals surface area contributed by atoms with Gasteiger partial charge in [0.25, 0.3) is 6.43 Å². The van der Waals surface area contributed by atoms with Crippen molar-refractivity contribution in [3.05, 3.63) is 26.6 Å². The topological polar surface area (TPSA) is 56.0 Å². The molecule has 0 saturated heterocycles. The quantitative estimate of drug-likeness (QED) is 0.850. The van der Waals surface area contributed by atoms with Crippen LogP contribution in [-0.2, 0) is 0 Å². The monoisotopic (exact) mass is 312 g/mol. The van der Waals surface area contributed by atoms with Gasteiger partial charge in [0.2, 0.25) is 5.91 Å². The van der Waals surface area contributed by atoms with E-state index in [1.165, 1.54) is 6.20 Å². The molecule has 0 bridgehead atoms. The van der Waals surface area contributed by atoms with Crippen molar-refractivity contribution in [3.8, 4) is 0 Å². The summed E-state index contributed by atoms with van der Waals surface area (Å²) in [6, 6.07) is 0. The van der Waals surface area contributed by atoms with Crippen molar-refractivity contribution in [1.29, 1.82) is 0 Å². The van der Waals surface area contributed by atoms with Gasteiger partial charge >= 0.3 is 0 Å². The van der Waals surface area contributed by atoms with Gasteiger partial charge in [0.05, 0.1) is 9.13 Å². The smallest absolute Gasteiger partial charge is 0.281 e. The lowest BCUT2D eigenvalue weighted by Gasteiger charge is -2.08. The Hall–Kier alpha value is -0.790. The zero-order valence-corrected chi connectivity index (χ0v) is 9.38. The van der Waals surface area contributed by atoms with E-state index in [4.69, 9.17) is 5.73 Å². The summed E-state index contributed by atoms with van der Waals surface area (Å²) in [6.07, 6.45) is -1.47. The fourth-order valence-electron chi connectivity index (χ4n) is 1.04. The van der Waals surface area contributed by atoms with Gasteiger partial charge in [-0.25, -0.2) is 8.78 Å². The molecule has 0 saturated carbocycles. The third-order valence-corrected chi connectivity index (χ3v) is 2.78. The number of nitrogens with zero attached hydrogens (tertiary/aromatic N) is 1. The summed E-state index contributed by atoms with van der Waals surface area (Å²) in [5.74, 6) is -0.712. The molecule has 0 aromatic carbocycles. The molecular weight excluding hydrogens is 305 g/mol. The number of aromatic nitrogens is 1. The van der Waals surface area contributed by atoms with Crippen LogP contribution >= 0.6 is 22.6 Å². The van der Waals surface area contributed by atoms with Crippen molar-refractivity contribution in [2.75, 3.05) is 0 Å². The van der Waals surface area contributed by atoms with Gasteiger partial charge in [-0.1, -0.05) is 0 Å². The van der Waals surface area contributed by atoms with Crippen molar-refractivity contribution >= 4 is 28.5 Å². The minimum Gasteiger partial charge on any atom is -0.366 e. The van der Waals surface area contributed by atoms with Crippen molar-refractivity contribution in [1.82, 2.24) is 4.98 Å². The van der Waals surface area contributed by atoms with Gasteiger partial charge in [0, 0.05) is 6.20 Å². The van der Waals surface area contributed by atoms with Crippen molar-refractivity contribution < 1.29 is 13.6 Å². The fourth-order valence-corrected chi connectivity index (χ4v) is 2.11. The molecule has 2 N–H and O–H groups in total. The predicted molar refractivity (Wildman–Crippen MR) is 55.2 cm³/mol. The highest BCUT2D eigenvalue weighted by Gasteiger charge is 2.20. The Morgan fingerprint density at radius 2 is 2.21 bits per heavy atom. The summed E-state index contributed by atoms with van der Waals surface area (Å²) >= 11 is 1.65. The number of rotatable bonds is 2. The Balaban J connectivity index is 3.41. The number of hydrogen-bond acceptors (Lipinski definition) is 2. The van der Waals surface area contributed by atoms with Gasteiger partial charge < -0.3 is 5.73 Å². The molecule has 76 valence electrons. The summed E-state index contributed by atoms with van der Waals surface area (Å²) in [5.41, 5.74) is 5.30. The fraction of sp³-hybridized carbons (Fsp3) is 0.250. The second kappa shape index (κ2) is 4.16. The molecule has 1 aromatic heterocycles. The second-order valence-corrected chi connectivity index (χ2v) is 3.76. The van der Waals surface area contributed by atoms with Crippen LogP contribution in [0.15, 0.2) is 6.20 Å². The number of aryl methyl sites for hydroxylation is 1. The third kappa shape index (κ3) is 1.99. The van der Waals surface area contributed by atoms with Crippen LogP contribution in [0.5, 0.6) is 0 Å². The largest absolute Gasteiger partial charge is 0.366 e. The van der Waals surface area contributed by atoms with E-state index in [0.29, 0.717) is 5.56 Å². The minimum absolute atomic E-state index is 0.121. The standard InChI is InChI=1S/C8H7F2IN2O/c1-3-2-13-6(7(9)10)5(11)4(3)8(12)14/h2,7H,1H3,(H2,12,14). The number of halogens is 3. The van der Waals surface area contributed by atoms with Crippen molar-refractivity contribution in [2.45, 2.75) is 13.3 Å². The summed E-state index contributed by atoms with van der Waals surface area (Å²) in [4.78, 5) is 14.5. The van der Waals surface area contributed by atoms with Crippen molar-refractivity contribution in [3.63, 3.8) is 0 Å². The normalized spacial score (nSPS) is 10.6. The molecule has 1 aromatic rings. The highest BCUT2D eigenvalue weighted by atomic mass is 127. The highest BCUT2D eigenvalue weighted by molar-refractivity contribution is 14.1. The van der Waals surface area contributed by atoms with Gasteiger partial charge in [0.15, 0.2) is 0 Å². The van der Waals surface area contributed by atoms with E-state index in [2.05, 4.69) is 4.98 Å². The van der Waals surface area contributed by atoms with E-state index in [9.17, 15) is 13.6 Å². The Bertz CT molecular complexity index is 382. The number of primary amides is 1. The number of nitrogens with two attached hydrogens (primary N) is 1. The zero-order valence-electron chi connectivity index (χ0n) is 7.22. The average Bonchev–Trinajstić information content (AvgIpc) is 2.02. The molecule has 0 spiro atoms. The highest BCUT2D eigenvalue weighted by Crippen LogP contribution is 2.26. The van der Waals surface area contributed by atoms with Crippen LogP contribution < -0.4 is 5.73 Å². The number of hydrogen-bond donors (Lipinski definition) is 1. The van der Waals surface area contributed by atoms with Crippen LogP contribution in [0.3, 0.4) is 0 Å². The molecular formula is C8H7F2IN2O. The van der Waals surface area contributed by atoms with Gasteiger partial charge in [-0.3, -0.25) is 9.78 Å². The summed E-state index contributed by atoms with van der Waals surface area (Å²) < 4.78 is 24.9. The maximum atomic E-state index is 12.4. The number of amides is 1. The summed E-state index contributed by atoms with van der Waals surface area (Å²) in [5, 5.41) is 0. The number of carbonyl (C=O) groups excluding carboxylic acids is 1. The molecule has 0 fully saturated rings. The Morgan fingerprint density at radius 3 is 2.64 bits per heavy atom. The van der Waals surface area contributed by atoms with Crippen LogP contribution in [0.25, 0.3) is 0 Å². The van der Waals surface area contributed by atoms with Gasteiger partial charge in [-0.15, -0.1) is 0 Å². The molecule has 0 aliphatic carbocycles. The first-order valence-corrected chi connectivity index (χ1v) is 4.76. The van der Waals surface area contributed by atoms with E-state index in [0.717, 1.165) is 0 Å². The minimum atomic E-state index is -2.69. The van der Waals surface area contributed by atoms with Crippen LogP contribution in [0.2, 0.25) is 0 Å². The number of pyridine rings is 1. The van der Waals surface area contributed by atoms with E-state index in [1.54, 1.807) is 29.5 Å². The molecule has 1 amide bonds. The zero-order chi connectivity index (χ0) is 10.9. The van der Waals surface area contributed by atoms with Gasteiger partial charge in [0.1, 0.15) is 5.69 Å². The van der Waals surface area contributed by atoms with Crippen LogP contribution in [0, 0.1) is 10.5 Å². The lowest BCUT2D eigenvalue weighted by atomic mass is 10.1. The molecule has 0 unspecified atom stereocenters. The Labute approximate surface area is 92.8 Å². The molecule has 3 nitrogen and oxygen atoms in total. The first-order chi connectivity index (χ1) is 6.45. The van der Waals surface area contributed by atoms with E-state index in [1.807, 2.05) is 0 Å². The molecule has 14 heavy (non-hydrogen) atoms. The first kappa shape index (κ1) is 11.3. The van der Waals surface area contributed by atoms with Crippen LogP contribution in [0.1, 0.15) is 28.0 Å². The van der Waals surface area contributed by atoms with Crippen LogP contribution in [0.4, 0.5) is 8.78 Å². The molecule has 0 radical (unpaired) electrons. The van der Waals surface area contributed by atoms with Crippen LogP contribution in [-0.4, -0.2) is 10.9 Å². The third-order valence-electron chi connectivity index (χ3n) is 1.69. The molecule has 6 heteroatoms. The molecule has 0 aliphatic rings.